The Morgan fingerprint density at radius 1 is 1.29 bits per heavy atom. The molecule has 24 heavy (non-hydrogen) atoms. The van der Waals surface area contributed by atoms with Crippen molar-refractivity contribution in [2.75, 3.05) is 13.7 Å². The van der Waals surface area contributed by atoms with E-state index in [1.54, 1.807) is 13.8 Å². The van der Waals surface area contributed by atoms with Gasteiger partial charge in [0.1, 0.15) is 12.4 Å². The second kappa shape index (κ2) is 7.59. The summed E-state index contributed by atoms with van der Waals surface area (Å²) in [5.74, 6) is 0.0688. The molecule has 0 spiro atoms. The number of hydrogen-bond donors (Lipinski definition) is 1. The molecule has 0 saturated carbocycles. The van der Waals surface area contributed by atoms with Gasteiger partial charge in [0.05, 0.1) is 24.9 Å². The Balaban J connectivity index is 2.65. The standard InChI is InChI=1S/C18H24N2O4/c1-5-24-11-14-19-15(17(21)23-4)16(13-9-7-6-8-10-13)20(14)12-18(2,3)22/h6-10,22H,5,11-12H2,1-4H3. The van der Waals surface area contributed by atoms with Gasteiger partial charge in [-0.25, -0.2) is 9.78 Å². The van der Waals surface area contributed by atoms with Crippen molar-refractivity contribution in [3.8, 4) is 11.3 Å². The smallest absolute Gasteiger partial charge is 0.358 e. The molecule has 2 aromatic rings. The monoisotopic (exact) mass is 332 g/mol. The van der Waals surface area contributed by atoms with E-state index in [-0.39, 0.29) is 18.8 Å². The summed E-state index contributed by atoms with van der Waals surface area (Å²) >= 11 is 0. The lowest BCUT2D eigenvalue weighted by molar-refractivity contribution is 0.0567. The first-order valence-corrected chi connectivity index (χ1v) is 7.90. The first-order chi connectivity index (χ1) is 11.4. The molecule has 6 heteroatoms. The van der Waals surface area contributed by atoms with E-state index < -0.39 is 11.6 Å². The number of carbonyl (C=O) groups is 1. The molecule has 0 saturated heterocycles. The zero-order chi connectivity index (χ0) is 17.7. The maximum absolute atomic E-state index is 12.2. The third-order valence-electron chi connectivity index (χ3n) is 3.45. The lowest BCUT2D eigenvalue weighted by Gasteiger charge is -2.21. The first-order valence-electron chi connectivity index (χ1n) is 7.90. The van der Waals surface area contributed by atoms with Crippen molar-refractivity contribution in [2.24, 2.45) is 0 Å². The summed E-state index contributed by atoms with van der Waals surface area (Å²) in [7, 11) is 1.33. The third-order valence-corrected chi connectivity index (χ3v) is 3.45. The molecule has 1 aromatic carbocycles. The lowest BCUT2D eigenvalue weighted by atomic mass is 10.1. The van der Waals surface area contributed by atoms with Crippen LogP contribution < -0.4 is 0 Å². The fourth-order valence-corrected chi connectivity index (χ4v) is 2.49. The molecule has 0 bridgehead atoms. The number of aliphatic hydroxyl groups is 1. The van der Waals surface area contributed by atoms with Gasteiger partial charge in [-0.15, -0.1) is 0 Å². The highest BCUT2D eigenvalue weighted by Crippen LogP contribution is 2.28. The predicted octanol–water partition coefficient (Wildman–Crippen LogP) is 2.64. The second-order valence-electron chi connectivity index (χ2n) is 6.12. The molecule has 6 nitrogen and oxygen atoms in total. The van der Waals surface area contributed by atoms with E-state index >= 15 is 0 Å². The van der Waals surface area contributed by atoms with Crippen LogP contribution in [0.15, 0.2) is 30.3 Å². The first kappa shape index (κ1) is 18.2. The number of carbonyl (C=O) groups excluding carboxylic acids is 1. The fourth-order valence-electron chi connectivity index (χ4n) is 2.49. The van der Waals surface area contributed by atoms with Crippen molar-refractivity contribution in [3.63, 3.8) is 0 Å². The maximum Gasteiger partial charge on any atom is 0.358 e. The molecule has 0 fully saturated rings. The Labute approximate surface area is 142 Å². The van der Waals surface area contributed by atoms with Crippen LogP contribution in [0.1, 0.15) is 37.1 Å². The summed E-state index contributed by atoms with van der Waals surface area (Å²) in [5, 5.41) is 10.3. The van der Waals surface area contributed by atoms with Crippen LogP contribution in [0, 0.1) is 0 Å². The molecular formula is C18H24N2O4. The summed E-state index contributed by atoms with van der Waals surface area (Å²) in [6.45, 7) is 6.38. The molecule has 0 aliphatic rings. The van der Waals surface area contributed by atoms with E-state index in [0.29, 0.717) is 18.1 Å². The third kappa shape index (κ3) is 4.21. The predicted molar refractivity (Wildman–Crippen MR) is 90.6 cm³/mol. The molecule has 1 N–H and O–H groups in total. The molecule has 0 amide bonds. The Morgan fingerprint density at radius 2 is 1.96 bits per heavy atom. The summed E-state index contributed by atoms with van der Waals surface area (Å²) in [6.07, 6.45) is 0. The summed E-state index contributed by atoms with van der Waals surface area (Å²) in [4.78, 5) is 16.6. The van der Waals surface area contributed by atoms with Crippen molar-refractivity contribution < 1.29 is 19.4 Å². The Morgan fingerprint density at radius 3 is 2.50 bits per heavy atom. The SMILES string of the molecule is CCOCc1nc(C(=O)OC)c(-c2ccccc2)n1CC(C)(C)O. The van der Waals surface area contributed by atoms with E-state index in [1.165, 1.54) is 7.11 Å². The second-order valence-corrected chi connectivity index (χ2v) is 6.12. The zero-order valence-corrected chi connectivity index (χ0v) is 14.6. The number of methoxy groups -OCH3 is 1. The highest BCUT2D eigenvalue weighted by Gasteiger charge is 2.27. The van der Waals surface area contributed by atoms with Crippen LogP contribution in [0.3, 0.4) is 0 Å². The summed E-state index contributed by atoms with van der Waals surface area (Å²) < 4.78 is 12.2. The highest BCUT2D eigenvalue weighted by molar-refractivity contribution is 5.94. The van der Waals surface area contributed by atoms with Crippen LogP contribution in [0.5, 0.6) is 0 Å². The lowest BCUT2D eigenvalue weighted by Crippen LogP contribution is -2.28. The number of nitrogens with zero attached hydrogens (tertiary/aromatic N) is 2. The van der Waals surface area contributed by atoms with E-state index in [0.717, 1.165) is 5.56 Å². The van der Waals surface area contributed by atoms with E-state index in [4.69, 9.17) is 9.47 Å². The van der Waals surface area contributed by atoms with Crippen molar-refractivity contribution in [2.45, 2.75) is 39.5 Å². The minimum atomic E-state index is -0.974. The average molecular weight is 332 g/mol. The minimum absolute atomic E-state index is 0.225. The topological polar surface area (TPSA) is 73.6 Å². The Hall–Kier alpha value is -2.18. The summed E-state index contributed by atoms with van der Waals surface area (Å²) in [5.41, 5.74) is 0.706. The normalized spacial score (nSPS) is 11.5. The number of aromatic nitrogens is 2. The van der Waals surface area contributed by atoms with Crippen LogP contribution in [-0.4, -0.2) is 39.9 Å². The molecule has 130 valence electrons. The molecule has 0 unspecified atom stereocenters. The number of rotatable bonds is 7. The van der Waals surface area contributed by atoms with Crippen LogP contribution in [-0.2, 0) is 22.6 Å². The Kier molecular flexibility index (Phi) is 5.75. The van der Waals surface area contributed by atoms with Gasteiger partial charge in [0.25, 0.3) is 0 Å². The number of imidazole rings is 1. The van der Waals surface area contributed by atoms with Crippen molar-refractivity contribution in [1.82, 2.24) is 9.55 Å². The van der Waals surface area contributed by atoms with Crippen LogP contribution in [0.4, 0.5) is 0 Å². The zero-order valence-electron chi connectivity index (χ0n) is 14.6. The van der Waals surface area contributed by atoms with Crippen LogP contribution in [0.25, 0.3) is 11.3 Å². The van der Waals surface area contributed by atoms with Gasteiger partial charge >= 0.3 is 5.97 Å². The summed E-state index contributed by atoms with van der Waals surface area (Å²) in [6, 6.07) is 9.47. The highest BCUT2D eigenvalue weighted by atomic mass is 16.5. The molecule has 0 aliphatic heterocycles. The molecule has 1 aromatic heterocycles. The molecule has 0 atom stereocenters. The van der Waals surface area contributed by atoms with E-state index in [1.807, 2.05) is 41.8 Å². The van der Waals surface area contributed by atoms with E-state index in [2.05, 4.69) is 4.98 Å². The number of benzene rings is 1. The van der Waals surface area contributed by atoms with Crippen molar-refractivity contribution >= 4 is 5.97 Å². The van der Waals surface area contributed by atoms with Gasteiger partial charge in [-0.2, -0.15) is 0 Å². The fraction of sp³-hybridized carbons (Fsp3) is 0.444. The number of hydrogen-bond acceptors (Lipinski definition) is 5. The van der Waals surface area contributed by atoms with Crippen LogP contribution in [0.2, 0.25) is 0 Å². The molecule has 1 heterocycles. The number of ether oxygens (including phenoxy) is 2. The molecule has 2 rings (SSSR count). The van der Waals surface area contributed by atoms with Gasteiger partial charge in [0, 0.05) is 12.2 Å². The molecular weight excluding hydrogens is 308 g/mol. The van der Waals surface area contributed by atoms with Gasteiger partial charge in [0.2, 0.25) is 0 Å². The van der Waals surface area contributed by atoms with Gasteiger partial charge in [0.15, 0.2) is 5.69 Å². The Bertz CT molecular complexity index is 687. The van der Waals surface area contributed by atoms with Gasteiger partial charge in [-0.05, 0) is 20.8 Å². The van der Waals surface area contributed by atoms with Crippen LogP contribution >= 0.6 is 0 Å². The number of esters is 1. The van der Waals surface area contributed by atoms with E-state index in [9.17, 15) is 9.90 Å². The minimum Gasteiger partial charge on any atom is -0.464 e. The molecule has 0 radical (unpaired) electrons. The largest absolute Gasteiger partial charge is 0.464 e. The van der Waals surface area contributed by atoms with Crippen molar-refractivity contribution in [1.29, 1.82) is 0 Å². The van der Waals surface area contributed by atoms with Gasteiger partial charge < -0.3 is 19.1 Å². The van der Waals surface area contributed by atoms with Crippen molar-refractivity contribution in [3.05, 3.63) is 41.9 Å². The molecule has 0 aliphatic carbocycles. The average Bonchev–Trinajstić information content (AvgIpc) is 2.89. The maximum atomic E-state index is 12.2. The van der Waals surface area contributed by atoms with Gasteiger partial charge in [-0.1, -0.05) is 30.3 Å². The quantitative estimate of drug-likeness (QED) is 0.789. The van der Waals surface area contributed by atoms with Gasteiger partial charge in [-0.3, -0.25) is 0 Å².